The van der Waals surface area contributed by atoms with Crippen molar-refractivity contribution in [3.05, 3.63) is 33.1 Å². The molecule has 8 nitrogen and oxygen atoms in total. The van der Waals surface area contributed by atoms with E-state index in [9.17, 15) is 14.7 Å². The van der Waals surface area contributed by atoms with Crippen LogP contribution in [-0.4, -0.2) is 46.7 Å². The lowest BCUT2D eigenvalue weighted by atomic mass is 10.1. The summed E-state index contributed by atoms with van der Waals surface area (Å²) in [6, 6.07) is 1.20. The third kappa shape index (κ3) is 2.77. The molecule has 1 aliphatic heterocycles. The summed E-state index contributed by atoms with van der Waals surface area (Å²) in [6.45, 7) is 0.139. The molecule has 2 rings (SSSR count). The zero-order chi connectivity index (χ0) is 14.0. The highest BCUT2D eigenvalue weighted by Gasteiger charge is 2.45. The van der Waals surface area contributed by atoms with Crippen molar-refractivity contribution in [2.24, 2.45) is 0 Å². The lowest BCUT2D eigenvalue weighted by Crippen LogP contribution is -2.38. The summed E-state index contributed by atoms with van der Waals surface area (Å²) in [6.07, 6.45) is -1.81. The molecule has 5 atom stereocenters. The van der Waals surface area contributed by atoms with E-state index in [1.807, 2.05) is 0 Å². The highest BCUT2D eigenvalue weighted by Crippen LogP contribution is 2.30. The number of nitrogens with one attached hydrogen (secondary N) is 1. The molecular weight excluding hydrogens is 275 g/mol. The van der Waals surface area contributed by atoms with E-state index >= 15 is 0 Å². The van der Waals surface area contributed by atoms with Crippen molar-refractivity contribution in [3.63, 3.8) is 0 Å². The summed E-state index contributed by atoms with van der Waals surface area (Å²) in [5.74, 6) is 0. The van der Waals surface area contributed by atoms with Crippen LogP contribution in [0.25, 0.3) is 0 Å². The fraction of sp³-hybridized carbons (Fsp3) is 0.600. The maximum atomic E-state index is 11.7. The van der Waals surface area contributed by atoms with E-state index in [0.29, 0.717) is 0 Å². The van der Waals surface area contributed by atoms with Crippen molar-refractivity contribution in [1.82, 2.24) is 9.55 Å². The van der Waals surface area contributed by atoms with Crippen LogP contribution in [0, 0.1) is 0 Å². The van der Waals surface area contributed by atoms with E-state index in [-0.39, 0.29) is 6.61 Å². The van der Waals surface area contributed by atoms with Gasteiger partial charge >= 0.3 is 5.69 Å². The normalized spacial score (nSPS) is 30.7. The fourth-order valence-electron chi connectivity index (χ4n) is 2.06. The average molecular weight is 290 g/mol. The number of ether oxygens (including phenoxy) is 2. The number of nitrogens with zero attached hydrogens (tertiary/aromatic N) is 1. The zero-order valence-corrected chi connectivity index (χ0v) is 11.3. The Morgan fingerprint density at radius 1 is 1.58 bits per heavy atom. The van der Waals surface area contributed by atoms with Crippen LogP contribution in [0.4, 0.5) is 0 Å². The molecule has 0 aliphatic carbocycles. The Balaban J connectivity index is 2.32. The van der Waals surface area contributed by atoms with E-state index in [4.69, 9.17) is 14.0 Å². The smallest absolute Gasteiger partial charge is 0.330 e. The Morgan fingerprint density at radius 2 is 2.32 bits per heavy atom. The van der Waals surface area contributed by atoms with Gasteiger partial charge in [0.2, 0.25) is 0 Å². The van der Waals surface area contributed by atoms with Crippen LogP contribution in [0.15, 0.2) is 21.9 Å². The molecule has 106 valence electrons. The minimum absolute atomic E-state index is 0.139. The Labute approximate surface area is 110 Å². The molecule has 1 aliphatic rings. The quantitative estimate of drug-likeness (QED) is 0.662. The molecule has 3 unspecified atom stereocenters. The van der Waals surface area contributed by atoms with Crippen LogP contribution in [0.2, 0.25) is 0 Å². The van der Waals surface area contributed by atoms with Crippen molar-refractivity contribution in [3.8, 4) is 0 Å². The molecule has 2 N–H and O–H groups in total. The molecule has 0 aromatic carbocycles. The van der Waals surface area contributed by atoms with Gasteiger partial charge in [-0.2, -0.15) is 0 Å². The number of hydrogen-bond donors (Lipinski definition) is 2. The molecular formula is C10H15N2O6P. The minimum atomic E-state index is -0.936. The van der Waals surface area contributed by atoms with Crippen molar-refractivity contribution in [2.45, 2.75) is 24.5 Å². The van der Waals surface area contributed by atoms with Gasteiger partial charge in [-0.15, -0.1) is 0 Å². The second-order valence-corrected chi connectivity index (χ2v) is 4.44. The maximum absolute atomic E-state index is 11.7. The van der Waals surface area contributed by atoms with E-state index in [1.54, 1.807) is 0 Å². The van der Waals surface area contributed by atoms with Crippen molar-refractivity contribution >= 4 is 9.47 Å². The molecule has 1 aromatic rings. The van der Waals surface area contributed by atoms with Gasteiger partial charge in [0.15, 0.2) is 6.23 Å². The van der Waals surface area contributed by atoms with Gasteiger partial charge in [0.25, 0.3) is 5.56 Å². The molecule has 0 bridgehead atoms. The zero-order valence-electron chi connectivity index (χ0n) is 10.2. The number of hydrogen-bond acceptors (Lipinski definition) is 6. The largest absolute Gasteiger partial charge is 0.387 e. The SMILES string of the molecule is COC1C(O)[C@@H](COP)O[C@H]1n1ccc(=O)[nH]c1=O. The predicted octanol–water partition coefficient (Wildman–Crippen LogP) is -1.38. The first-order chi connectivity index (χ1) is 9.08. The van der Waals surface area contributed by atoms with Crippen molar-refractivity contribution < 1.29 is 19.1 Å². The summed E-state index contributed by atoms with van der Waals surface area (Å²) < 4.78 is 16.7. The number of aliphatic hydroxyl groups excluding tert-OH is 1. The summed E-state index contributed by atoms with van der Waals surface area (Å²) >= 11 is 0. The monoisotopic (exact) mass is 290 g/mol. The highest BCUT2D eigenvalue weighted by atomic mass is 31.0. The molecule has 1 fully saturated rings. The fourth-order valence-corrected chi connectivity index (χ4v) is 2.25. The summed E-state index contributed by atoms with van der Waals surface area (Å²) in [5, 5.41) is 10.0. The lowest BCUT2D eigenvalue weighted by molar-refractivity contribution is -0.0593. The number of aromatic amines is 1. The topological polar surface area (TPSA) is 103 Å². The van der Waals surface area contributed by atoms with Crippen LogP contribution >= 0.6 is 9.47 Å². The second kappa shape index (κ2) is 5.94. The first-order valence-electron chi connectivity index (χ1n) is 5.58. The summed E-state index contributed by atoms with van der Waals surface area (Å²) in [4.78, 5) is 24.9. The average Bonchev–Trinajstić information content (AvgIpc) is 2.67. The number of methoxy groups -OCH3 is 1. The van der Waals surface area contributed by atoms with E-state index in [2.05, 4.69) is 14.5 Å². The lowest BCUT2D eigenvalue weighted by Gasteiger charge is -2.19. The van der Waals surface area contributed by atoms with Gasteiger partial charge in [0.05, 0.1) is 6.61 Å². The Morgan fingerprint density at radius 3 is 2.89 bits per heavy atom. The van der Waals surface area contributed by atoms with Crippen LogP contribution in [0.1, 0.15) is 6.23 Å². The van der Waals surface area contributed by atoms with E-state index < -0.39 is 35.8 Å². The molecule has 1 saturated heterocycles. The first-order valence-corrected chi connectivity index (χ1v) is 6.05. The van der Waals surface area contributed by atoms with E-state index in [1.165, 1.54) is 23.9 Å². The van der Waals surface area contributed by atoms with Gasteiger partial charge in [-0.3, -0.25) is 14.3 Å². The first kappa shape index (κ1) is 14.4. The minimum Gasteiger partial charge on any atom is -0.387 e. The standard InChI is InChI=1S/C10H15N2O6P/c1-16-8-7(14)5(4-17-19)18-9(8)12-3-2-6(13)11-10(12)15/h2-3,5,7-9,14H,4,19H2,1H3,(H,11,13,15)/t5-,7?,8?,9-/m1/s1. The van der Waals surface area contributed by atoms with Gasteiger partial charge in [-0.1, -0.05) is 0 Å². The Bertz CT molecular complexity index is 543. The molecule has 0 spiro atoms. The van der Waals surface area contributed by atoms with Crippen molar-refractivity contribution in [2.75, 3.05) is 13.7 Å². The van der Waals surface area contributed by atoms with Gasteiger partial charge in [0.1, 0.15) is 18.3 Å². The molecule has 0 radical (unpaired) electrons. The predicted molar refractivity (Wildman–Crippen MR) is 67.7 cm³/mol. The van der Waals surface area contributed by atoms with Crippen molar-refractivity contribution in [1.29, 1.82) is 0 Å². The number of aliphatic hydroxyl groups is 1. The molecule has 1 aromatic heterocycles. The summed E-state index contributed by atoms with van der Waals surface area (Å²) in [7, 11) is 3.47. The van der Waals surface area contributed by atoms with Crippen LogP contribution in [0.5, 0.6) is 0 Å². The Hall–Kier alpha value is -1.05. The summed E-state index contributed by atoms with van der Waals surface area (Å²) in [5.41, 5.74) is -1.13. The third-order valence-electron chi connectivity index (χ3n) is 2.97. The molecule has 19 heavy (non-hydrogen) atoms. The van der Waals surface area contributed by atoms with Gasteiger partial charge in [-0.25, -0.2) is 4.79 Å². The maximum Gasteiger partial charge on any atom is 0.330 e. The number of aromatic nitrogens is 2. The third-order valence-corrected chi connectivity index (χ3v) is 3.16. The van der Waals surface area contributed by atoms with Crippen LogP contribution < -0.4 is 11.2 Å². The molecule has 0 saturated carbocycles. The number of rotatable bonds is 4. The van der Waals surface area contributed by atoms with Gasteiger partial charge < -0.3 is 19.1 Å². The van der Waals surface area contributed by atoms with Gasteiger partial charge in [0, 0.05) is 28.8 Å². The second-order valence-electron chi connectivity index (χ2n) is 4.11. The highest BCUT2D eigenvalue weighted by molar-refractivity contribution is 7.09. The molecule has 2 heterocycles. The number of H-pyrrole nitrogens is 1. The van der Waals surface area contributed by atoms with E-state index in [0.717, 1.165) is 0 Å². The Kier molecular flexibility index (Phi) is 4.49. The van der Waals surface area contributed by atoms with Crippen LogP contribution in [0.3, 0.4) is 0 Å². The van der Waals surface area contributed by atoms with Crippen LogP contribution in [-0.2, 0) is 14.0 Å². The molecule has 9 heteroatoms. The van der Waals surface area contributed by atoms with Gasteiger partial charge in [-0.05, 0) is 0 Å². The molecule has 0 amide bonds.